The number of hydrogen-bond donors (Lipinski definition) is 1. The molecule has 0 unspecified atom stereocenters. The molecule has 4 heteroatoms. The summed E-state index contributed by atoms with van der Waals surface area (Å²) < 4.78 is 4.77. The van der Waals surface area contributed by atoms with E-state index in [9.17, 15) is 4.79 Å². The van der Waals surface area contributed by atoms with Crippen molar-refractivity contribution in [3.8, 4) is 0 Å². The molecule has 17 heavy (non-hydrogen) atoms. The van der Waals surface area contributed by atoms with E-state index >= 15 is 0 Å². The van der Waals surface area contributed by atoms with Gasteiger partial charge in [0.25, 0.3) is 0 Å². The van der Waals surface area contributed by atoms with Crippen molar-refractivity contribution in [3.63, 3.8) is 0 Å². The SMILES string of the molecule is CC.CC(C)(C)O.CCOC(=O)C(C)(C)C.[Ar]. The quantitative estimate of drug-likeness (QED) is 0.745. The fourth-order valence-corrected chi connectivity index (χ4v) is 0.348. The number of ether oxygens (including phenoxy) is 1. The Hall–Kier alpha value is 0.690. The molecule has 0 amide bonds. The molecule has 0 spiro atoms. The van der Waals surface area contributed by atoms with Gasteiger partial charge in [-0.2, -0.15) is 0 Å². The zero-order valence-corrected chi connectivity index (χ0v) is 13.5. The molecular weight excluding hydrogens is 244 g/mol. The molecule has 1 N–H and O–H groups in total. The van der Waals surface area contributed by atoms with Gasteiger partial charge in [0.1, 0.15) is 0 Å². The summed E-state index contributed by atoms with van der Waals surface area (Å²) >= 11 is 0. The molecule has 0 atom stereocenters. The Morgan fingerprint density at radius 1 is 1.06 bits per heavy atom. The van der Waals surface area contributed by atoms with Gasteiger partial charge in [0.05, 0.1) is 17.6 Å². The Morgan fingerprint density at radius 3 is 1.35 bits per heavy atom. The average molecular weight is 274 g/mol. The molecule has 0 heterocycles. The second-order valence-corrected chi connectivity index (χ2v) is 5.14. The standard InChI is InChI=1S/C7H14O2.C4H10O.C2H6.Ar/c1-5-9-6(8)7(2,3)4;1-4(2,3)5;1-2;/h5H2,1-4H3;5H,1-3H3;1-2H3;. The van der Waals surface area contributed by atoms with Crippen LogP contribution < -0.4 is 0 Å². The number of carbonyl (C=O) groups excluding carboxylic acids is 1. The maximum Gasteiger partial charge on any atom is 0.311 e. The molecule has 0 aliphatic carbocycles. The number of hydrogen-bond acceptors (Lipinski definition) is 3. The van der Waals surface area contributed by atoms with Gasteiger partial charge in [-0.15, -0.1) is 0 Å². The molecule has 0 bridgehead atoms. The van der Waals surface area contributed by atoms with Gasteiger partial charge in [-0.1, -0.05) is 13.8 Å². The van der Waals surface area contributed by atoms with Crippen LogP contribution in [0.25, 0.3) is 0 Å². The van der Waals surface area contributed by atoms with Crippen LogP contribution in [-0.2, 0) is 9.53 Å². The molecule has 0 aromatic carbocycles. The maximum atomic E-state index is 10.8. The van der Waals surface area contributed by atoms with E-state index in [4.69, 9.17) is 9.84 Å². The Bertz CT molecular complexity index is 160. The summed E-state index contributed by atoms with van der Waals surface area (Å²) in [6.45, 7) is 17.0. The summed E-state index contributed by atoms with van der Waals surface area (Å²) in [6.07, 6.45) is 0. The Kier molecular flexibility index (Phi) is 20.3. The molecule has 0 aromatic heterocycles. The monoisotopic (exact) mass is 274 g/mol. The van der Waals surface area contributed by atoms with Crippen LogP contribution in [0.5, 0.6) is 0 Å². The third-order valence-electron chi connectivity index (χ3n) is 0.888. The van der Waals surface area contributed by atoms with Crippen molar-refractivity contribution in [1.82, 2.24) is 0 Å². The molecular formula is C13H30ArO3. The van der Waals surface area contributed by atoms with Crippen molar-refractivity contribution < 1.29 is 52.4 Å². The zero-order valence-electron chi connectivity index (χ0n) is 12.8. The van der Waals surface area contributed by atoms with Gasteiger partial charge in [0.2, 0.25) is 0 Å². The van der Waals surface area contributed by atoms with Crippen LogP contribution in [0.2, 0.25) is 0 Å². The topological polar surface area (TPSA) is 46.5 Å². The first kappa shape index (κ1) is 26.3. The molecule has 0 aliphatic rings. The smallest absolute Gasteiger partial charge is 0.311 e. The number of aliphatic hydroxyl groups is 1. The van der Waals surface area contributed by atoms with Crippen molar-refractivity contribution in [2.24, 2.45) is 5.41 Å². The Labute approximate surface area is 137 Å². The third kappa shape index (κ3) is 38.4. The summed E-state index contributed by atoms with van der Waals surface area (Å²) in [6, 6.07) is 0. The van der Waals surface area contributed by atoms with Gasteiger partial charge >= 0.3 is 5.97 Å². The van der Waals surface area contributed by atoms with Crippen molar-refractivity contribution >= 4 is 5.97 Å². The van der Waals surface area contributed by atoms with Crippen molar-refractivity contribution in [2.75, 3.05) is 6.61 Å². The van der Waals surface area contributed by atoms with Gasteiger partial charge in [-0.25, -0.2) is 0 Å². The Morgan fingerprint density at radius 2 is 1.29 bits per heavy atom. The summed E-state index contributed by atoms with van der Waals surface area (Å²) in [5.41, 5.74) is -0.851. The molecule has 3 nitrogen and oxygen atoms in total. The molecule has 0 saturated carbocycles. The van der Waals surface area contributed by atoms with Gasteiger partial charge in [-0.05, 0) is 48.5 Å². The third-order valence-corrected chi connectivity index (χ3v) is 0.888. The van der Waals surface area contributed by atoms with Crippen LogP contribution in [-0.4, -0.2) is 23.3 Å². The van der Waals surface area contributed by atoms with Crippen LogP contribution in [0.4, 0.5) is 0 Å². The minimum absolute atomic E-state index is 0. The summed E-state index contributed by atoms with van der Waals surface area (Å²) in [5, 5.41) is 8.52. The Balaban J connectivity index is -0.0000000910. The first-order valence-electron chi connectivity index (χ1n) is 5.88. The zero-order chi connectivity index (χ0) is 14.0. The van der Waals surface area contributed by atoms with Crippen LogP contribution in [0.15, 0.2) is 0 Å². The second-order valence-electron chi connectivity index (χ2n) is 5.14. The van der Waals surface area contributed by atoms with Crippen molar-refractivity contribution in [1.29, 1.82) is 0 Å². The van der Waals surface area contributed by atoms with Crippen molar-refractivity contribution in [2.45, 2.75) is 67.9 Å². The predicted octanol–water partition coefficient (Wildman–Crippen LogP) is 3.40. The van der Waals surface area contributed by atoms with Crippen LogP contribution in [0.1, 0.15) is 62.3 Å². The molecule has 0 saturated heterocycles. The summed E-state index contributed by atoms with van der Waals surface area (Å²) in [4.78, 5) is 10.8. The van der Waals surface area contributed by atoms with E-state index in [-0.39, 0.29) is 49.1 Å². The largest absolute Gasteiger partial charge is 0.466 e. The maximum absolute atomic E-state index is 10.8. The summed E-state index contributed by atoms with van der Waals surface area (Å²) in [7, 11) is 0. The van der Waals surface area contributed by atoms with Crippen molar-refractivity contribution in [3.05, 3.63) is 0 Å². The van der Waals surface area contributed by atoms with E-state index in [1.165, 1.54) is 0 Å². The van der Waals surface area contributed by atoms with E-state index in [0.717, 1.165) is 0 Å². The number of esters is 1. The van der Waals surface area contributed by atoms with E-state index in [2.05, 4.69) is 0 Å². The number of rotatable bonds is 1. The molecule has 0 aromatic rings. The van der Waals surface area contributed by atoms with E-state index < -0.39 is 5.60 Å². The summed E-state index contributed by atoms with van der Waals surface area (Å²) in [5.74, 6) is -0.134. The normalized spacial score (nSPS) is 9.76. The van der Waals surface area contributed by atoms with Gasteiger partial charge < -0.3 is 9.84 Å². The molecule has 108 valence electrons. The van der Waals surface area contributed by atoms with Gasteiger partial charge in [-0.3, -0.25) is 4.79 Å². The first-order valence-corrected chi connectivity index (χ1v) is 5.88. The molecule has 0 aliphatic heterocycles. The van der Waals surface area contributed by atoms with Crippen LogP contribution in [0, 0.1) is 43.2 Å². The molecule has 0 rings (SSSR count). The average Bonchev–Trinajstić information content (AvgIpc) is 2.03. The minimum atomic E-state index is -0.500. The number of carbonyl (C=O) groups is 1. The van der Waals surface area contributed by atoms with Gasteiger partial charge in [0, 0.05) is 37.7 Å². The molecule has 0 fully saturated rings. The van der Waals surface area contributed by atoms with E-state index in [1.54, 1.807) is 20.8 Å². The van der Waals surface area contributed by atoms with Crippen LogP contribution in [0.3, 0.4) is 0 Å². The molecule has 0 radical (unpaired) electrons. The fourth-order valence-electron chi connectivity index (χ4n) is 0.348. The predicted molar refractivity (Wildman–Crippen MR) is 69.4 cm³/mol. The fraction of sp³-hybridized carbons (Fsp3) is 0.923. The van der Waals surface area contributed by atoms with E-state index in [1.807, 2.05) is 41.5 Å². The van der Waals surface area contributed by atoms with Gasteiger partial charge in [0.15, 0.2) is 0 Å². The first-order chi connectivity index (χ1) is 6.98. The minimum Gasteiger partial charge on any atom is -0.466 e. The van der Waals surface area contributed by atoms with Crippen LogP contribution >= 0.6 is 0 Å². The second kappa shape index (κ2) is 13.1. The van der Waals surface area contributed by atoms with E-state index in [0.29, 0.717) is 6.61 Å².